The molecule has 1 aromatic rings. The van der Waals surface area contributed by atoms with Gasteiger partial charge in [-0.25, -0.2) is 0 Å². The van der Waals surface area contributed by atoms with Crippen LogP contribution in [0.25, 0.3) is 5.57 Å². The summed E-state index contributed by atoms with van der Waals surface area (Å²) >= 11 is 12.1. The maximum absolute atomic E-state index is 12.4. The van der Waals surface area contributed by atoms with Gasteiger partial charge < -0.3 is 14.8 Å². The average Bonchev–Trinajstić information content (AvgIpc) is 2.61. The second-order valence-electron chi connectivity index (χ2n) is 5.14. The summed E-state index contributed by atoms with van der Waals surface area (Å²) in [5, 5.41) is 3.51. The van der Waals surface area contributed by atoms with E-state index in [0.717, 1.165) is 0 Å². The summed E-state index contributed by atoms with van der Waals surface area (Å²) in [4.78, 5) is 23.8. The molecule has 5 nitrogen and oxygen atoms in total. The first-order chi connectivity index (χ1) is 10.3. The fourth-order valence-corrected chi connectivity index (χ4v) is 2.89. The lowest BCUT2D eigenvalue weighted by atomic mass is 9.98. The molecule has 22 heavy (non-hydrogen) atoms. The molecule has 0 saturated carbocycles. The molecule has 118 valence electrons. The van der Waals surface area contributed by atoms with Gasteiger partial charge in [-0.2, -0.15) is 0 Å². The summed E-state index contributed by atoms with van der Waals surface area (Å²) < 4.78 is 10.4. The highest BCUT2D eigenvalue weighted by Crippen LogP contribution is 2.38. The molecule has 2 rings (SSSR count). The fraction of sp³-hybridized carbons (Fsp3) is 0.333. The van der Waals surface area contributed by atoms with Crippen molar-refractivity contribution in [2.24, 2.45) is 0 Å². The molecule has 1 unspecified atom stereocenters. The third kappa shape index (κ3) is 3.11. The largest absolute Gasteiger partial charge is 0.428 e. The molecule has 1 N–H and O–H groups in total. The molecule has 0 spiro atoms. The van der Waals surface area contributed by atoms with Crippen LogP contribution >= 0.6 is 23.2 Å². The quantitative estimate of drug-likeness (QED) is 0.853. The molecule has 1 amide bonds. The molecule has 0 aromatic heterocycles. The molecular formula is C15H15Cl2NO4. The minimum absolute atomic E-state index is 0.149. The smallest absolute Gasteiger partial charge is 0.307 e. The van der Waals surface area contributed by atoms with Gasteiger partial charge >= 0.3 is 5.97 Å². The Bertz CT molecular complexity index is 672. The molecule has 1 heterocycles. The van der Waals surface area contributed by atoms with Gasteiger partial charge in [-0.15, -0.1) is 0 Å². The number of benzene rings is 1. The monoisotopic (exact) mass is 343 g/mol. The zero-order valence-corrected chi connectivity index (χ0v) is 13.8. The normalized spacial score (nSPS) is 21.0. The van der Waals surface area contributed by atoms with Crippen LogP contribution in [0.15, 0.2) is 24.0 Å². The summed E-state index contributed by atoms with van der Waals surface area (Å²) in [6.45, 7) is 3.13. The lowest BCUT2D eigenvalue weighted by molar-refractivity contribution is -0.138. The Hall–Kier alpha value is -1.56. The summed E-state index contributed by atoms with van der Waals surface area (Å²) in [6.07, 6.45) is 0. The van der Waals surface area contributed by atoms with Crippen LogP contribution in [0.4, 0.5) is 0 Å². The van der Waals surface area contributed by atoms with Gasteiger partial charge in [0.15, 0.2) is 0 Å². The van der Waals surface area contributed by atoms with Crippen molar-refractivity contribution in [1.29, 1.82) is 0 Å². The number of rotatable bonds is 4. The number of ether oxygens (including phenoxy) is 2. The zero-order chi connectivity index (χ0) is 16.5. The highest BCUT2D eigenvalue weighted by atomic mass is 35.5. The van der Waals surface area contributed by atoms with E-state index < -0.39 is 11.5 Å². The Balaban J connectivity index is 2.64. The van der Waals surface area contributed by atoms with Gasteiger partial charge in [0.1, 0.15) is 11.3 Å². The molecule has 0 bridgehead atoms. The van der Waals surface area contributed by atoms with E-state index >= 15 is 0 Å². The molecule has 1 atom stereocenters. The van der Waals surface area contributed by atoms with Crippen LogP contribution in [0.5, 0.6) is 0 Å². The third-order valence-electron chi connectivity index (χ3n) is 3.22. The molecule has 7 heteroatoms. The van der Waals surface area contributed by atoms with E-state index in [2.05, 4.69) is 5.32 Å². The molecule has 1 aromatic carbocycles. The van der Waals surface area contributed by atoms with Crippen molar-refractivity contribution in [3.63, 3.8) is 0 Å². The van der Waals surface area contributed by atoms with E-state index in [1.54, 1.807) is 19.1 Å². The van der Waals surface area contributed by atoms with E-state index in [4.69, 9.17) is 32.7 Å². The Morgan fingerprint density at radius 1 is 1.36 bits per heavy atom. The maximum Gasteiger partial charge on any atom is 0.307 e. The topological polar surface area (TPSA) is 64.6 Å². The van der Waals surface area contributed by atoms with Crippen molar-refractivity contribution >= 4 is 40.7 Å². The molecule has 0 radical (unpaired) electrons. The fourth-order valence-electron chi connectivity index (χ4n) is 2.38. The van der Waals surface area contributed by atoms with E-state index in [1.165, 1.54) is 20.1 Å². The van der Waals surface area contributed by atoms with Crippen molar-refractivity contribution in [1.82, 2.24) is 5.32 Å². The highest BCUT2D eigenvalue weighted by Gasteiger charge is 2.45. The summed E-state index contributed by atoms with van der Waals surface area (Å²) in [6, 6.07) is 4.75. The van der Waals surface area contributed by atoms with Gasteiger partial charge in [-0.1, -0.05) is 29.3 Å². The molecule has 1 aliphatic heterocycles. The van der Waals surface area contributed by atoms with Crippen LogP contribution in [-0.4, -0.2) is 31.1 Å². The van der Waals surface area contributed by atoms with Gasteiger partial charge in [-0.3, -0.25) is 9.59 Å². The Kier molecular flexibility index (Phi) is 4.80. The van der Waals surface area contributed by atoms with Gasteiger partial charge in [0.05, 0.1) is 17.2 Å². The van der Waals surface area contributed by atoms with E-state index in [9.17, 15) is 9.59 Å². The second-order valence-corrected chi connectivity index (χ2v) is 5.98. The first-order valence-electron chi connectivity index (χ1n) is 6.48. The molecule has 1 aliphatic rings. The Morgan fingerprint density at radius 2 is 2.05 bits per heavy atom. The number of hydrogen-bond acceptors (Lipinski definition) is 4. The summed E-state index contributed by atoms with van der Waals surface area (Å²) in [5.74, 6) is -0.729. The minimum atomic E-state index is -0.949. The number of hydrogen-bond donors (Lipinski definition) is 1. The minimum Gasteiger partial charge on any atom is -0.428 e. The number of nitrogens with one attached hydrogen (secondary N) is 1. The number of halogens is 2. The second kappa shape index (κ2) is 6.28. The van der Waals surface area contributed by atoms with Gasteiger partial charge in [-0.05, 0) is 19.1 Å². The number of methoxy groups -OCH3 is 1. The number of carbonyl (C=O) groups is 2. The summed E-state index contributed by atoms with van der Waals surface area (Å²) in [7, 11) is 1.50. The Morgan fingerprint density at radius 3 is 2.59 bits per heavy atom. The summed E-state index contributed by atoms with van der Waals surface area (Å²) in [5.41, 5.74) is -0.299. The molecule has 0 saturated heterocycles. The number of esters is 1. The van der Waals surface area contributed by atoms with E-state index in [-0.39, 0.29) is 23.8 Å². The predicted molar refractivity (Wildman–Crippen MR) is 83.6 cm³/mol. The van der Waals surface area contributed by atoms with E-state index in [0.29, 0.717) is 15.6 Å². The van der Waals surface area contributed by atoms with Crippen LogP contribution < -0.4 is 5.32 Å². The lowest BCUT2D eigenvalue weighted by Crippen LogP contribution is -2.46. The van der Waals surface area contributed by atoms with Crippen molar-refractivity contribution < 1.29 is 19.1 Å². The first-order valence-corrected chi connectivity index (χ1v) is 7.24. The van der Waals surface area contributed by atoms with Gasteiger partial charge in [0, 0.05) is 24.6 Å². The van der Waals surface area contributed by atoms with Crippen molar-refractivity contribution in [3.05, 3.63) is 39.6 Å². The van der Waals surface area contributed by atoms with Crippen LogP contribution in [0, 0.1) is 0 Å². The standard InChI is InChI=1S/C15H15Cl2NO4/c1-8(19)22-13-12(10-5-4-9(16)6-11(10)17)14(20)18-15(13,2)7-21-3/h4-6H,7H2,1-3H3,(H,18,20). The number of carbonyl (C=O) groups excluding carboxylic acids is 2. The maximum atomic E-state index is 12.4. The SMILES string of the molecule is COCC1(C)NC(=O)C(c2ccc(Cl)cc2Cl)=C1OC(C)=O. The zero-order valence-electron chi connectivity index (χ0n) is 12.3. The van der Waals surface area contributed by atoms with Gasteiger partial charge in [0.25, 0.3) is 5.91 Å². The molecule has 0 fully saturated rings. The Labute approximate surface area is 138 Å². The third-order valence-corrected chi connectivity index (χ3v) is 3.77. The molecular weight excluding hydrogens is 329 g/mol. The average molecular weight is 344 g/mol. The van der Waals surface area contributed by atoms with Crippen molar-refractivity contribution in [3.8, 4) is 0 Å². The highest BCUT2D eigenvalue weighted by molar-refractivity contribution is 6.38. The van der Waals surface area contributed by atoms with Crippen LogP contribution in [-0.2, 0) is 19.1 Å². The number of amides is 1. The lowest BCUT2D eigenvalue weighted by Gasteiger charge is -2.25. The first kappa shape index (κ1) is 16.8. The van der Waals surface area contributed by atoms with Crippen molar-refractivity contribution in [2.45, 2.75) is 19.4 Å². The molecule has 0 aliphatic carbocycles. The van der Waals surface area contributed by atoms with Crippen molar-refractivity contribution in [2.75, 3.05) is 13.7 Å². The van der Waals surface area contributed by atoms with Crippen LogP contribution in [0.2, 0.25) is 10.0 Å². The van der Waals surface area contributed by atoms with E-state index in [1.807, 2.05) is 0 Å². The van der Waals surface area contributed by atoms with Crippen LogP contribution in [0.3, 0.4) is 0 Å². The van der Waals surface area contributed by atoms with Gasteiger partial charge in [0.2, 0.25) is 0 Å². The van der Waals surface area contributed by atoms with Crippen LogP contribution in [0.1, 0.15) is 19.4 Å². The predicted octanol–water partition coefficient (Wildman–Crippen LogP) is 2.80.